The van der Waals surface area contributed by atoms with Crippen LogP contribution in [0, 0.1) is 5.92 Å². The quantitative estimate of drug-likeness (QED) is 0.910. The van der Waals surface area contributed by atoms with E-state index in [-0.39, 0.29) is 6.04 Å². The first-order valence-electron chi connectivity index (χ1n) is 7.36. The van der Waals surface area contributed by atoms with Crippen LogP contribution in [0.2, 0.25) is 0 Å². The SMILES string of the molecule is COc1ccc(Br)cc1C(CN)N1CCC(C)CC1C. The predicted molar refractivity (Wildman–Crippen MR) is 87.1 cm³/mol. The van der Waals surface area contributed by atoms with Crippen molar-refractivity contribution < 1.29 is 4.74 Å². The highest BCUT2D eigenvalue weighted by molar-refractivity contribution is 9.10. The molecule has 0 spiro atoms. The van der Waals surface area contributed by atoms with Crippen LogP contribution in [-0.2, 0) is 0 Å². The van der Waals surface area contributed by atoms with E-state index in [0.717, 1.165) is 22.7 Å². The average Bonchev–Trinajstić information content (AvgIpc) is 2.42. The third-order valence-corrected chi connectivity index (χ3v) is 4.86. The number of benzene rings is 1. The van der Waals surface area contributed by atoms with Crippen LogP contribution in [0.5, 0.6) is 5.75 Å². The molecule has 2 N–H and O–H groups in total. The van der Waals surface area contributed by atoms with Gasteiger partial charge in [0.05, 0.1) is 13.2 Å². The summed E-state index contributed by atoms with van der Waals surface area (Å²) < 4.78 is 6.60. The Kier molecular flexibility index (Phi) is 5.47. The van der Waals surface area contributed by atoms with Crippen molar-refractivity contribution in [3.05, 3.63) is 28.2 Å². The lowest BCUT2D eigenvalue weighted by atomic mass is 9.90. The van der Waals surface area contributed by atoms with E-state index >= 15 is 0 Å². The summed E-state index contributed by atoms with van der Waals surface area (Å²) >= 11 is 3.56. The number of piperidine rings is 1. The summed E-state index contributed by atoms with van der Waals surface area (Å²) in [6, 6.07) is 6.96. The predicted octanol–water partition coefficient (Wildman–Crippen LogP) is 3.58. The van der Waals surface area contributed by atoms with Crippen molar-refractivity contribution in [3.63, 3.8) is 0 Å². The normalized spacial score (nSPS) is 25.4. The van der Waals surface area contributed by atoms with Crippen molar-refractivity contribution in [2.45, 2.75) is 38.8 Å². The Morgan fingerprint density at radius 2 is 2.20 bits per heavy atom. The first-order chi connectivity index (χ1) is 9.56. The molecule has 0 saturated carbocycles. The smallest absolute Gasteiger partial charge is 0.123 e. The highest BCUT2D eigenvalue weighted by atomic mass is 79.9. The molecule has 3 unspecified atom stereocenters. The molecule has 0 amide bonds. The van der Waals surface area contributed by atoms with Gasteiger partial charge in [-0.3, -0.25) is 4.90 Å². The first-order valence-corrected chi connectivity index (χ1v) is 8.15. The topological polar surface area (TPSA) is 38.5 Å². The van der Waals surface area contributed by atoms with Gasteiger partial charge in [0.2, 0.25) is 0 Å². The molecule has 3 atom stereocenters. The van der Waals surface area contributed by atoms with Crippen LogP contribution in [0.4, 0.5) is 0 Å². The fraction of sp³-hybridized carbons (Fsp3) is 0.625. The molecule has 1 aromatic rings. The summed E-state index contributed by atoms with van der Waals surface area (Å²) in [5, 5.41) is 0. The van der Waals surface area contributed by atoms with E-state index in [2.05, 4.69) is 40.7 Å². The van der Waals surface area contributed by atoms with Gasteiger partial charge < -0.3 is 10.5 Å². The zero-order chi connectivity index (χ0) is 14.7. The lowest BCUT2D eigenvalue weighted by molar-refractivity contribution is 0.0835. The van der Waals surface area contributed by atoms with Crippen molar-refractivity contribution in [2.75, 3.05) is 20.2 Å². The van der Waals surface area contributed by atoms with Crippen LogP contribution in [0.3, 0.4) is 0 Å². The lowest BCUT2D eigenvalue weighted by Crippen LogP contribution is -2.45. The fourth-order valence-electron chi connectivity index (χ4n) is 3.30. The molecule has 20 heavy (non-hydrogen) atoms. The van der Waals surface area contributed by atoms with Gasteiger partial charge in [-0.15, -0.1) is 0 Å². The maximum absolute atomic E-state index is 6.09. The summed E-state index contributed by atoms with van der Waals surface area (Å²) in [5.74, 6) is 1.73. The zero-order valence-electron chi connectivity index (χ0n) is 12.6. The third kappa shape index (κ3) is 3.35. The Morgan fingerprint density at radius 1 is 1.45 bits per heavy atom. The van der Waals surface area contributed by atoms with Crippen molar-refractivity contribution >= 4 is 15.9 Å². The van der Waals surface area contributed by atoms with Gasteiger partial charge in [0.15, 0.2) is 0 Å². The van der Waals surface area contributed by atoms with Gasteiger partial charge in [-0.05, 0) is 50.4 Å². The molecule has 112 valence electrons. The third-order valence-electron chi connectivity index (χ3n) is 4.36. The summed E-state index contributed by atoms with van der Waals surface area (Å²) in [6.07, 6.45) is 2.49. The zero-order valence-corrected chi connectivity index (χ0v) is 14.2. The van der Waals surface area contributed by atoms with Gasteiger partial charge in [0, 0.05) is 22.6 Å². The van der Waals surface area contributed by atoms with Crippen LogP contribution in [0.1, 0.15) is 38.3 Å². The number of ether oxygens (including phenoxy) is 1. The Labute approximate surface area is 130 Å². The second-order valence-electron chi connectivity index (χ2n) is 5.85. The van der Waals surface area contributed by atoms with Crippen molar-refractivity contribution in [1.29, 1.82) is 0 Å². The number of hydrogen-bond acceptors (Lipinski definition) is 3. The molecule has 1 aliphatic rings. The van der Waals surface area contributed by atoms with Crippen LogP contribution in [0.15, 0.2) is 22.7 Å². The summed E-state index contributed by atoms with van der Waals surface area (Å²) in [6.45, 7) is 6.37. The lowest BCUT2D eigenvalue weighted by Gasteiger charge is -2.42. The number of nitrogens with two attached hydrogens (primary N) is 1. The minimum Gasteiger partial charge on any atom is -0.496 e. The van der Waals surface area contributed by atoms with Gasteiger partial charge >= 0.3 is 0 Å². The molecule has 1 saturated heterocycles. The van der Waals surface area contributed by atoms with Gasteiger partial charge in [-0.1, -0.05) is 22.9 Å². The Morgan fingerprint density at radius 3 is 2.80 bits per heavy atom. The maximum atomic E-state index is 6.09. The molecule has 2 rings (SSSR count). The highest BCUT2D eigenvalue weighted by Gasteiger charge is 2.30. The molecule has 3 nitrogen and oxygen atoms in total. The van der Waals surface area contributed by atoms with Gasteiger partial charge in [-0.25, -0.2) is 0 Å². The summed E-state index contributed by atoms with van der Waals surface area (Å²) in [4.78, 5) is 2.53. The number of likely N-dealkylation sites (tertiary alicyclic amines) is 1. The molecule has 4 heteroatoms. The van der Waals surface area contributed by atoms with E-state index in [1.165, 1.54) is 18.4 Å². The van der Waals surface area contributed by atoms with Gasteiger partial charge in [-0.2, -0.15) is 0 Å². The van der Waals surface area contributed by atoms with E-state index in [1.807, 2.05) is 12.1 Å². The molecule has 1 heterocycles. The number of rotatable bonds is 4. The monoisotopic (exact) mass is 340 g/mol. The molecule has 0 bridgehead atoms. The van der Waals surface area contributed by atoms with E-state index < -0.39 is 0 Å². The average molecular weight is 341 g/mol. The number of halogens is 1. The van der Waals surface area contributed by atoms with Crippen LogP contribution >= 0.6 is 15.9 Å². The number of hydrogen-bond donors (Lipinski definition) is 1. The number of nitrogens with zero attached hydrogens (tertiary/aromatic N) is 1. The van der Waals surface area contributed by atoms with Crippen molar-refractivity contribution in [1.82, 2.24) is 4.90 Å². The molecule has 1 aromatic carbocycles. The van der Waals surface area contributed by atoms with Crippen molar-refractivity contribution in [3.8, 4) is 5.75 Å². The fourth-order valence-corrected chi connectivity index (χ4v) is 3.67. The minimum absolute atomic E-state index is 0.227. The summed E-state index contributed by atoms with van der Waals surface area (Å²) in [7, 11) is 1.72. The van der Waals surface area contributed by atoms with E-state index in [4.69, 9.17) is 10.5 Å². The Bertz CT molecular complexity index is 452. The molecule has 0 aromatic heterocycles. The van der Waals surface area contributed by atoms with Crippen molar-refractivity contribution in [2.24, 2.45) is 11.7 Å². The molecular formula is C16H25BrN2O. The largest absolute Gasteiger partial charge is 0.496 e. The van der Waals surface area contributed by atoms with E-state index in [1.54, 1.807) is 7.11 Å². The van der Waals surface area contributed by atoms with Gasteiger partial charge in [0.25, 0.3) is 0 Å². The standard InChI is InChI=1S/C16H25BrN2O/c1-11-6-7-19(12(2)8-11)15(10-18)14-9-13(17)4-5-16(14)20-3/h4-5,9,11-12,15H,6-8,10,18H2,1-3H3. The van der Waals surface area contributed by atoms with E-state index in [0.29, 0.717) is 12.6 Å². The minimum atomic E-state index is 0.227. The van der Waals surface area contributed by atoms with Crippen LogP contribution < -0.4 is 10.5 Å². The molecule has 0 aliphatic carbocycles. The maximum Gasteiger partial charge on any atom is 0.123 e. The van der Waals surface area contributed by atoms with E-state index in [9.17, 15) is 0 Å². The molecular weight excluding hydrogens is 316 g/mol. The molecule has 1 aliphatic heterocycles. The molecule has 1 fully saturated rings. The van der Waals surface area contributed by atoms with Crippen LogP contribution in [0.25, 0.3) is 0 Å². The Balaban J connectivity index is 2.30. The van der Waals surface area contributed by atoms with Crippen LogP contribution in [-0.4, -0.2) is 31.1 Å². The Hall–Kier alpha value is -0.580. The second-order valence-corrected chi connectivity index (χ2v) is 6.77. The molecule has 0 radical (unpaired) electrons. The summed E-state index contributed by atoms with van der Waals surface area (Å²) in [5.41, 5.74) is 7.28. The second kappa shape index (κ2) is 6.92. The highest BCUT2D eigenvalue weighted by Crippen LogP contribution is 2.35. The number of methoxy groups -OCH3 is 1. The van der Waals surface area contributed by atoms with Gasteiger partial charge in [0.1, 0.15) is 5.75 Å². The first kappa shape index (κ1) is 15.8.